The maximum absolute atomic E-state index is 12.3. The second-order valence-electron chi connectivity index (χ2n) is 3.77. The molecule has 98 valence electrons. The minimum absolute atomic E-state index is 0.0386. The molecule has 2 aromatic rings. The van der Waals surface area contributed by atoms with Gasteiger partial charge in [0.1, 0.15) is 4.90 Å². The average molecular weight is 278 g/mol. The summed E-state index contributed by atoms with van der Waals surface area (Å²) >= 11 is 0. The van der Waals surface area contributed by atoms with Gasteiger partial charge in [-0.2, -0.15) is 0 Å². The number of rotatable bonds is 2. The Bertz CT molecular complexity index is 767. The fourth-order valence-corrected chi connectivity index (χ4v) is 2.94. The zero-order valence-corrected chi connectivity index (χ0v) is 10.5. The molecular weight excluding hydrogens is 268 g/mol. The van der Waals surface area contributed by atoms with E-state index in [0.717, 1.165) is 18.2 Å². The molecule has 2 aromatic carbocycles. The maximum Gasteiger partial charge on any atom is 0.224 e. The van der Waals surface area contributed by atoms with Crippen LogP contribution in [0.2, 0.25) is 0 Å². The molecule has 5 nitrogen and oxygen atoms in total. The van der Waals surface area contributed by atoms with Crippen LogP contribution in [-0.4, -0.2) is 18.6 Å². The van der Waals surface area contributed by atoms with E-state index in [4.69, 9.17) is 0 Å². The zero-order valence-electron chi connectivity index (χ0n) is 9.65. The molecule has 0 radical (unpaired) electrons. The molecule has 0 amide bonds. The maximum atomic E-state index is 12.3. The molecular formula is C13H10O5S. The van der Waals surface area contributed by atoms with Crippen LogP contribution >= 0.6 is 0 Å². The highest BCUT2D eigenvalue weighted by Gasteiger charge is 2.23. The second-order valence-corrected chi connectivity index (χ2v) is 5.69. The van der Waals surface area contributed by atoms with Crippen LogP contribution in [0.25, 0.3) is 0 Å². The summed E-state index contributed by atoms with van der Waals surface area (Å²) in [4.78, 5) is 10.7. The summed E-state index contributed by atoms with van der Waals surface area (Å²) < 4.78 is 24.6. The molecule has 0 bridgehead atoms. The summed E-state index contributed by atoms with van der Waals surface area (Å²) in [6, 6.07) is 10.6. The van der Waals surface area contributed by atoms with Crippen molar-refractivity contribution in [2.75, 3.05) is 0 Å². The summed E-state index contributed by atoms with van der Waals surface area (Å²) in [6.07, 6.45) is 0. The van der Waals surface area contributed by atoms with Crippen LogP contribution < -0.4 is 5.43 Å². The van der Waals surface area contributed by atoms with Crippen LogP contribution in [0, 0.1) is 0 Å². The predicted molar refractivity (Wildman–Crippen MR) is 67.9 cm³/mol. The van der Waals surface area contributed by atoms with Crippen molar-refractivity contribution in [3.63, 3.8) is 0 Å². The van der Waals surface area contributed by atoms with E-state index in [1.54, 1.807) is 6.07 Å². The quantitative estimate of drug-likeness (QED) is 0.863. The molecule has 0 atom stereocenters. The summed E-state index contributed by atoms with van der Waals surface area (Å²) in [5.74, 6) is -1.93. The van der Waals surface area contributed by atoms with Crippen molar-refractivity contribution in [1.29, 1.82) is 0 Å². The van der Waals surface area contributed by atoms with E-state index in [2.05, 4.69) is 0 Å². The van der Waals surface area contributed by atoms with Crippen molar-refractivity contribution >= 4 is 9.84 Å². The molecule has 2 N–H and O–H groups in total. The molecule has 0 heterocycles. The number of benzene rings is 1. The van der Waals surface area contributed by atoms with Gasteiger partial charge in [0, 0.05) is 0 Å². The molecule has 0 spiro atoms. The SMILES string of the molecule is O=c1cccc(S(=O)(=O)c2ccccc2)c(O)c1O. The Morgan fingerprint density at radius 3 is 2.05 bits per heavy atom. The van der Waals surface area contributed by atoms with Gasteiger partial charge >= 0.3 is 0 Å². The van der Waals surface area contributed by atoms with E-state index < -0.39 is 31.7 Å². The summed E-state index contributed by atoms with van der Waals surface area (Å²) in [5.41, 5.74) is -0.855. The molecule has 19 heavy (non-hydrogen) atoms. The van der Waals surface area contributed by atoms with Crippen molar-refractivity contribution in [3.8, 4) is 11.5 Å². The number of hydrogen-bond donors (Lipinski definition) is 2. The Balaban J connectivity index is 2.78. The van der Waals surface area contributed by atoms with Gasteiger partial charge in [-0.25, -0.2) is 8.42 Å². The number of aromatic hydroxyl groups is 2. The highest BCUT2D eigenvalue weighted by atomic mass is 32.2. The van der Waals surface area contributed by atoms with E-state index in [1.807, 2.05) is 0 Å². The minimum atomic E-state index is -4.00. The van der Waals surface area contributed by atoms with E-state index in [0.29, 0.717) is 0 Å². The van der Waals surface area contributed by atoms with Crippen molar-refractivity contribution < 1.29 is 18.6 Å². The molecule has 0 aliphatic carbocycles. The van der Waals surface area contributed by atoms with E-state index >= 15 is 0 Å². The third-order valence-electron chi connectivity index (χ3n) is 2.53. The fraction of sp³-hybridized carbons (Fsp3) is 0. The Labute approximate surface area is 109 Å². The summed E-state index contributed by atoms with van der Waals surface area (Å²) in [7, 11) is -4.00. The number of hydrogen-bond acceptors (Lipinski definition) is 5. The van der Waals surface area contributed by atoms with Crippen LogP contribution in [0.3, 0.4) is 0 Å². The largest absolute Gasteiger partial charge is 0.503 e. The molecule has 2 rings (SSSR count). The highest BCUT2D eigenvalue weighted by Crippen LogP contribution is 2.31. The van der Waals surface area contributed by atoms with Gasteiger partial charge in [-0.05, 0) is 24.3 Å². The first-order valence-corrected chi connectivity index (χ1v) is 6.78. The standard InChI is InChI=1S/C13H10O5S/c14-10-7-4-8-11(13(16)12(10)15)19(17,18)9-5-2-1-3-6-9/h1-8H,(H2,14,15,16). The van der Waals surface area contributed by atoms with Gasteiger partial charge in [-0.1, -0.05) is 24.3 Å². The third kappa shape index (κ3) is 2.30. The topological polar surface area (TPSA) is 91.7 Å². The lowest BCUT2D eigenvalue weighted by atomic mass is 10.4. The van der Waals surface area contributed by atoms with Gasteiger partial charge in [-0.15, -0.1) is 0 Å². The lowest BCUT2D eigenvalue weighted by Gasteiger charge is -2.04. The van der Waals surface area contributed by atoms with E-state index in [1.165, 1.54) is 24.3 Å². The predicted octanol–water partition coefficient (Wildman–Crippen LogP) is 1.29. The first kappa shape index (κ1) is 13.1. The van der Waals surface area contributed by atoms with Gasteiger partial charge in [-0.3, -0.25) is 4.79 Å². The lowest BCUT2D eigenvalue weighted by Crippen LogP contribution is -2.02. The van der Waals surface area contributed by atoms with Crippen molar-refractivity contribution in [2.24, 2.45) is 0 Å². The van der Waals surface area contributed by atoms with Gasteiger partial charge in [0.15, 0.2) is 5.75 Å². The molecule has 0 fully saturated rings. The third-order valence-corrected chi connectivity index (χ3v) is 4.33. The first-order chi connectivity index (χ1) is 8.94. The molecule has 0 aliphatic rings. The zero-order chi connectivity index (χ0) is 14.0. The van der Waals surface area contributed by atoms with Crippen molar-refractivity contribution in [1.82, 2.24) is 0 Å². The van der Waals surface area contributed by atoms with Gasteiger partial charge < -0.3 is 10.2 Å². The van der Waals surface area contributed by atoms with Crippen molar-refractivity contribution in [2.45, 2.75) is 9.79 Å². The Morgan fingerprint density at radius 1 is 0.789 bits per heavy atom. The van der Waals surface area contributed by atoms with Crippen LogP contribution in [0.4, 0.5) is 0 Å². The van der Waals surface area contributed by atoms with Crippen LogP contribution in [0.1, 0.15) is 0 Å². The smallest absolute Gasteiger partial charge is 0.224 e. The summed E-state index contributed by atoms with van der Waals surface area (Å²) in [6.45, 7) is 0. The van der Waals surface area contributed by atoms with Gasteiger partial charge in [0.2, 0.25) is 21.0 Å². The average Bonchev–Trinajstić information content (AvgIpc) is 2.54. The molecule has 0 saturated carbocycles. The normalized spacial score (nSPS) is 11.2. The van der Waals surface area contributed by atoms with Crippen LogP contribution in [0.5, 0.6) is 11.5 Å². The Kier molecular flexibility index (Phi) is 3.26. The molecule has 0 saturated heterocycles. The molecule has 6 heteroatoms. The molecule has 0 unspecified atom stereocenters. The minimum Gasteiger partial charge on any atom is -0.503 e. The first-order valence-electron chi connectivity index (χ1n) is 5.30. The summed E-state index contributed by atoms with van der Waals surface area (Å²) in [5, 5.41) is 19.1. The number of sulfone groups is 1. The van der Waals surface area contributed by atoms with Crippen molar-refractivity contribution in [3.05, 3.63) is 58.8 Å². The second kappa shape index (κ2) is 4.74. The Morgan fingerprint density at radius 2 is 1.42 bits per heavy atom. The van der Waals surface area contributed by atoms with E-state index in [9.17, 15) is 23.4 Å². The lowest BCUT2D eigenvalue weighted by molar-refractivity contribution is 0.392. The van der Waals surface area contributed by atoms with E-state index in [-0.39, 0.29) is 4.90 Å². The Hall–Kier alpha value is -2.34. The highest BCUT2D eigenvalue weighted by molar-refractivity contribution is 7.91. The van der Waals surface area contributed by atoms with Gasteiger partial charge in [0.25, 0.3) is 0 Å². The molecule has 0 aliphatic heterocycles. The van der Waals surface area contributed by atoms with Crippen LogP contribution in [0.15, 0.2) is 63.1 Å². The fourth-order valence-electron chi connectivity index (χ4n) is 1.56. The van der Waals surface area contributed by atoms with Crippen LogP contribution in [-0.2, 0) is 9.84 Å². The van der Waals surface area contributed by atoms with Gasteiger partial charge in [0.05, 0.1) is 4.90 Å². The monoisotopic (exact) mass is 278 g/mol. The molecule has 0 aromatic heterocycles.